The van der Waals surface area contributed by atoms with Crippen molar-refractivity contribution in [1.82, 2.24) is 10.6 Å². The van der Waals surface area contributed by atoms with E-state index in [1.807, 2.05) is 30.3 Å². The first-order valence-electron chi connectivity index (χ1n) is 9.00. The number of rotatable bonds is 9. The molecule has 0 aliphatic rings. The van der Waals surface area contributed by atoms with Gasteiger partial charge in [0, 0.05) is 30.1 Å². The number of carbonyl (C=O) groups is 3. The van der Waals surface area contributed by atoms with Gasteiger partial charge in [0.2, 0.25) is 0 Å². The second-order valence-corrected chi connectivity index (χ2v) is 6.64. The molecule has 2 N–H and O–H groups in total. The van der Waals surface area contributed by atoms with E-state index in [1.54, 1.807) is 24.3 Å². The molecule has 0 saturated carbocycles. The van der Waals surface area contributed by atoms with E-state index in [1.165, 1.54) is 6.92 Å². The summed E-state index contributed by atoms with van der Waals surface area (Å²) in [5.74, 6) is -1.07. The molecule has 6 nitrogen and oxygen atoms in total. The van der Waals surface area contributed by atoms with Crippen LogP contribution >= 0.6 is 11.6 Å². The molecule has 0 fully saturated rings. The molecule has 2 aromatic rings. The average molecular weight is 403 g/mol. The van der Waals surface area contributed by atoms with Gasteiger partial charge < -0.3 is 15.4 Å². The Balaban J connectivity index is 1.62. The summed E-state index contributed by atoms with van der Waals surface area (Å²) in [7, 11) is 0. The van der Waals surface area contributed by atoms with Gasteiger partial charge in [-0.25, -0.2) is 0 Å². The fraction of sp³-hybridized carbons (Fsp3) is 0.286. The van der Waals surface area contributed by atoms with Crippen molar-refractivity contribution in [2.45, 2.75) is 32.4 Å². The van der Waals surface area contributed by atoms with E-state index in [0.717, 1.165) is 5.56 Å². The Morgan fingerprint density at radius 3 is 2.36 bits per heavy atom. The van der Waals surface area contributed by atoms with Crippen LogP contribution in [-0.2, 0) is 20.9 Å². The molecule has 2 rings (SSSR count). The zero-order chi connectivity index (χ0) is 20.4. The molecule has 7 heteroatoms. The molecule has 1 unspecified atom stereocenters. The topological polar surface area (TPSA) is 84.5 Å². The van der Waals surface area contributed by atoms with Crippen LogP contribution in [0.2, 0.25) is 5.02 Å². The summed E-state index contributed by atoms with van der Waals surface area (Å²) in [5.41, 5.74) is 1.46. The first-order chi connectivity index (χ1) is 13.5. The Labute approximate surface area is 169 Å². The molecule has 0 radical (unpaired) electrons. The van der Waals surface area contributed by atoms with Crippen molar-refractivity contribution in [1.29, 1.82) is 0 Å². The quantitative estimate of drug-likeness (QED) is 0.498. The number of nitrogens with one attached hydrogen (secondary N) is 2. The van der Waals surface area contributed by atoms with Gasteiger partial charge in [-0.3, -0.25) is 14.4 Å². The maximum absolute atomic E-state index is 12.0. The normalized spacial score (nSPS) is 11.4. The third-order valence-electron chi connectivity index (χ3n) is 3.94. The van der Waals surface area contributed by atoms with Gasteiger partial charge >= 0.3 is 5.97 Å². The first-order valence-corrected chi connectivity index (χ1v) is 9.38. The fourth-order valence-electron chi connectivity index (χ4n) is 2.38. The average Bonchev–Trinajstić information content (AvgIpc) is 2.70. The maximum Gasteiger partial charge on any atom is 0.306 e. The predicted octanol–water partition coefficient (Wildman–Crippen LogP) is 3.10. The number of halogens is 1. The van der Waals surface area contributed by atoms with E-state index in [2.05, 4.69) is 10.6 Å². The van der Waals surface area contributed by atoms with Gasteiger partial charge in [-0.15, -0.1) is 0 Å². The SMILES string of the molecule is CC(OC(=O)CCCNC(=O)c1ccc(Cl)cc1)C(=O)NCc1ccccc1. The Morgan fingerprint density at radius 1 is 1.00 bits per heavy atom. The lowest BCUT2D eigenvalue weighted by molar-refractivity contribution is -0.154. The van der Waals surface area contributed by atoms with Crippen molar-refractivity contribution in [2.24, 2.45) is 0 Å². The number of esters is 1. The molecule has 2 aromatic carbocycles. The van der Waals surface area contributed by atoms with E-state index >= 15 is 0 Å². The van der Waals surface area contributed by atoms with Gasteiger partial charge in [-0.2, -0.15) is 0 Å². The molecule has 0 heterocycles. The predicted molar refractivity (Wildman–Crippen MR) is 107 cm³/mol. The number of ether oxygens (including phenoxy) is 1. The molecular formula is C21H23ClN2O4. The maximum atomic E-state index is 12.0. The molecule has 0 bridgehead atoms. The minimum absolute atomic E-state index is 0.108. The minimum Gasteiger partial charge on any atom is -0.453 e. The summed E-state index contributed by atoms with van der Waals surface area (Å²) in [6.45, 7) is 2.23. The van der Waals surface area contributed by atoms with Crippen LogP contribution in [0, 0.1) is 0 Å². The second-order valence-electron chi connectivity index (χ2n) is 6.20. The molecule has 0 spiro atoms. The number of amides is 2. The number of benzene rings is 2. The van der Waals surface area contributed by atoms with E-state index in [0.29, 0.717) is 30.1 Å². The zero-order valence-corrected chi connectivity index (χ0v) is 16.4. The molecule has 28 heavy (non-hydrogen) atoms. The summed E-state index contributed by atoms with van der Waals surface area (Å²) >= 11 is 5.78. The highest BCUT2D eigenvalue weighted by Crippen LogP contribution is 2.09. The second kappa shape index (κ2) is 11.1. The van der Waals surface area contributed by atoms with Gasteiger partial charge in [0.25, 0.3) is 11.8 Å². The van der Waals surface area contributed by atoms with E-state index in [-0.39, 0.29) is 18.2 Å². The molecular weight excluding hydrogens is 380 g/mol. The highest BCUT2D eigenvalue weighted by atomic mass is 35.5. The summed E-state index contributed by atoms with van der Waals surface area (Å²) in [4.78, 5) is 35.8. The number of hydrogen-bond acceptors (Lipinski definition) is 4. The Morgan fingerprint density at radius 2 is 1.68 bits per heavy atom. The molecule has 0 saturated heterocycles. The van der Waals surface area contributed by atoms with Crippen molar-refractivity contribution < 1.29 is 19.1 Å². The molecule has 0 aromatic heterocycles. The first kappa shape index (κ1) is 21.4. The molecule has 1 atom stereocenters. The van der Waals surface area contributed by atoms with Crippen LogP contribution in [0.4, 0.5) is 0 Å². The van der Waals surface area contributed by atoms with Crippen LogP contribution in [0.3, 0.4) is 0 Å². The zero-order valence-electron chi connectivity index (χ0n) is 15.6. The van der Waals surface area contributed by atoms with Crippen molar-refractivity contribution in [3.63, 3.8) is 0 Å². The molecule has 148 valence electrons. The summed E-state index contributed by atoms with van der Waals surface area (Å²) < 4.78 is 5.13. The number of carbonyl (C=O) groups excluding carboxylic acids is 3. The van der Waals surface area contributed by atoms with Gasteiger partial charge in [-0.1, -0.05) is 41.9 Å². The lowest BCUT2D eigenvalue weighted by Gasteiger charge is -2.13. The van der Waals surface area contributed by atoms with Crippen LogP contribution < -0.4 is 10.6 Å². The lowest BCUT2D eigenvalue weighted by atomic mass is 10.2. The highest BCUT2D eigenvalue weighted by molar-refractivity contribution is 6.30. The summed E-state index contributed by atoms with van der Waals surface area (Å²) in [6, 6.07) is 16.0. The van der Waals surface area contributed by atoms with Crippen LogP contribution in [0.1, 0.15) is 35.7 Å². The monoisotopic (exact) mass is 402 g/mol. The lowest BCUT2D eigenvalue weighted by Crippen LogP contribution is -2.35. The van der Waals surface area contributed by atoms with Crippen LogP contribution in [0.15, 0.2) is 54.6 Å². The van der Waals surface area contributed by atoms with Crippen LogP contribution in [-0.4, -0.2) is 30.4 Å². The largest absolute Gasteiger partial charge is 0.453 e. The fourth-order valence-corrected chi connectivity index (χ4v) is 2.50. The molecule has 0 aliphatic heterocycles. The minimum atomic E-state index is -0.875. The molecule has 0 aliphatic carbocycles. The number of hydrogen-bond donors (Lipinski definition) is 2. The van der Waals surface area contributed by atoms with Gasteiger partial charge in [0.05, 0.1) is 0 Å². The van der Waals surface area contributed by atoms with Crippen molar-refractivity contribution in [3.8, 4) is 0 Å². The Bertz CT molecular complexity index is 794. The standard InChI is InChI=1S/C21H23ClN2O4/c1-15(20(26)24-14-16-6-3-2-4-7-16)28-19(25)8-5-13-23-21(27)17-9-11-18(22)12-10-17/h2-4,6-7,9-12,15H,5,8,13-14H2,1H3,(H,23,27)(H,24,26). The van der Waals surface area contributed by atoms with Gasteiger partial charge in [-0.05, 0) is 43.2 Å². The van der Waals surface area contributed by atoms with Gasteiger partial charge in [0.15, 0.2) is 6.10 Å². The molecule has 2 amide bonds. The van der Waals surface area contributed by atoms with Crippen LogP contribution in [0.25, 0.3) is 0 Å². The summed E-state index contributed by atoms with van der Waals surface area (Å²) in [6.07, 6.45) is -0.354. The third kappa shape index (κ3) is 7.40. The highest BCUT2D eigenvalue weighted by Gasteiger charge is 2.17. The van der Waals surface area contributed by atoms with E-state index in [4.69, 9.17) is 16.3 Å². The smallest absolute Gasteiger partial charge is 0.306 e. The van der Waals surface area contributed by atoms with Crippen molar-refractivity contribution in [2.75, 3.05) is 6.54 Å². The third-order valence-corrected chi connectivity index (χ3v) is 4.19. The van der Waals surface area contributed by atoms with Crippen molar-refractivity contribution >= 4 is 29.4 Å². The Hall–Kier alpha value is -2.86. The van der Waals surface area contributed by atoms with Crippen LogP contribution in [0.5, 0.6) is 0 Å². The van der Waals surface area contributed by atoms with E-state index in [9.17, 15) is 14.4 Å². The van der Waals surface area contributed by atoms with Gasteiger partial charge in [0.1, 0.15) is 0 Å². The Kier molecular flexibility index (Phi) is 8.49. The van der Waals surface area contributed by atoms with Crippen molar-refractivity contribution in [3.05, 3.63) is 70.7 Å². The van der Waals surface area contributed by atoms with E-state index < -0.39 is 12.1 Å². The summed E-state index contributed by atoms with van der Waals surface area (Å²) in [5, 5.41) is 6.00.